The summed E-state index contributed by atoms with van der Waals surface area (Å²) in [6, 6.07) is 7.94. The maximum Gasteiger partial charge on any atom is 0.410 e. The first-order valence-corrected chi connectivity index (χ1v) is 8.29. The lowest BCUT2D eigenvalue weighted by Crippen LogP contribution is -2.46. The number of rotatable bonds is 2. The van der Waals surface area contributed by atoms with Gasteiger partial charge in [0.1, 0.15) is 11.4 Å². The van der Waals surface area contributed by atoms with Crippen molar-refractivity contribution in [2.45, 2.75) is 39.2 Å². The molecule has 1 saturated heterocycles. The van der Waals surface area contributed by atoms with Gasteiger partial charge in [0.05, 0.1) is 0 Å². The van der Waals surface area contributed by atoms with Gasteiger partial charge < -0.3 is 9.64 Å². The van der Waals surface area contributed by atoms with E-state index in [0.717, 1.165) is 10.0 Å². The van der Waals surface area contributed by atoms with Crippen molar-refractivity contribution in [3.8, 4) is 0 Å². The Labute approximate surface area is 140 Å². The molecule has 0 radical (unpaired) electrons. The van der Waals surface area contributed by atoms with Crippen LogP contribution in [0.25, 0.3) is 0 Å². The molecular formula is C17H22BrNO3. The molecule has 120 valence electrons. The molecule has 0 aromatic heterocycles. The minimum atomic E-state index is -0.514. The molecule has 2 rings (SSSR count). The molecule has 4 nitrogen and oxygen atoms in total. The lowest BCUT2D eigenvalue weighted by Gasteiger charge is -2.33. The monoisotopic (exact) mass is 367 g/mol. The highest BCUT2D eigenvalue weighted by Gasteiger charge is 2.32. The van der Waals surface area contributed by atoms with Crippen molar-refractivity contribution in [3.63, 3.8) is 0 Å². The first-order valence-electron chi connectivity index (χ1n) is 7.50. The molecule has 22 heavy (non-hydrogen) atoms. The summed E-state index contributed by atoms with van der Waals surface area (Å²) in [5.74, 6) is 0.0742. The van der Waals surface area contributed by atoms with Gasteiger partial charge in [-0.3, -0.25) is 4.79 Å². The summed E-state index contributed by atoms with van der Waals surface area (Å²) in [6.45, 7) is 6.42. The summed E-state index contributed by atoms with van der Waals surface area (Å²) < 4.78 is 6.41. The molecule has 1 aliphatic rings. The number of likely N-dealkylation sites (tertiary alicyclic amines) is 1. The molecule has 0 spiro atoms. The number of hydrogen-bond donors (Lipinski definition) is 0. The van der Waals surface area contributed by atoms with Gasteiger partial charge in [0.15, 0.2) is 0 Å². The summed E-state index contributed by atoms with van der Waals surface area (Å²) in [5.41, 5.74) is 0.590. The molecule has 1 aromatic rings. The number of ketones is 1. The van der Waals surface area contributed by atoms with E-state index in [4.69, 9.17) is 4.74 Å². The molecule has 5 heteroatoms. The second-order valence-electron chi connectivity index (χ2n) is 6.67. The van der Waals surface area contributed by atoms with Crippen LogP contribution in [0.2, 0.25) is 0 Å². The fourth-order valence-corrected chi connectivity index (χ4v) is 2.75. The van der Waals surface area contributed by atoms with E-state index in [0.29, 0.717) is 25.9 Å². The van der Waals surface area contributed by atoms with Crippen molar-refractivity contribution >= 4 is 27.8 Å². The van der Waals surface area contributed by atoms with E-state index >= 15 is 0 Å². The number of halogens is 1. The fraction of sp³-hybridized carbons (Fsp3) is 0.529. The molecule has 1 amide bonds. The number of piperidine rings is 1. The lowest BCUT2D eigenvalue weighted by molar-refractivity contribution is -0.125. The first-order chi connectivity index (χ1) is 10.2. The van der Waals surface area contributed by atoms with Gasteiger partial charge in [0.25, 0.3) is 0 Å². The van der Waals surface area contributed by atoms with Crippen LogP contribution in [-0.4, -0.2) is 35.5 Å². The van der Waals surface area contributed by atoms with Gasteiger partial charge in [0, 0.05) is 29.9 Å². The molecule has 1 fully saturated rings. The smallest absolute Gasteiger partial charge is 0.410 e. The summed E-state index contributed by atoms with van der Waals surface area (Å²) in [7, 11) is 0. The largest absolute Gasteiger partial charge is 0.444 e. The zero-order chi connectivity index (χ0) is 16.3. The van der Waals surface area contributed by atoms with Gasteiger partial charge in [-0.25, -0.2) is 4.79 Å². The highest BCUT2D eigenvalue weighted by atomic mass is 79.9. The molecule has 1 aromatic carbocycles. The van der Waals surface area contributed by atoms with E-state index in [1.807, 2.05) is 45.0 Å². The van der Waals surface area contributed by atoms with Crippen LogP contribution in [0.15, 0.2) is 28.7 Å². The molecule has 0 N–H and O–H groups in total. The maximum atomic E-state index is 12.1. The highest BCUT2D eigenvalue weighted by Crippen LogP contribution is 2.21. The number of carbonyl (C=O) groups excluding carboxylic acids is 2. The Kier molecular flexibility index (Phi) is 5.27. The Morgan fingerprint density at radius 1 is 1.32 bits per heavy atom. The van der Waals surface area contributed by atoms with Gasteiger partial charge >= 0.3 is 6.09 Å². The van der Waals surface area contributed by atoms with Gasteiger partial charge in [-0.2, -0.15) is 0 Å². The van der Waals surface area contributed by atoms with Crippen LogP contribution in [0.5, 0.6) is 0 Å². The Morgan fingerprint density at radius 2 is 1.95 bits per heavy atom. The van der Waals surface area contributed by atoms with Crippen molar-refractivity contribution in [1.82, 2.24) is 4.90 Å². The van der Waals surface area contributed by atoms with E-state index < -0.39 is 5.60 Å². The zero-order valence-electron chi connectivity index (χ0n) is 13.3. The summed E-state index contributed by atoms with van der Waals surface area (Å²) >= 11 is 3.40. The third kappa shape index (κ3) is 4.83. The topological polar surface area (TPSA) is 46.6 Å². The van der Waals surface area contributed by atoms with E-state index in [-0.39, 0.29) is 17.8 Å². The number of benzene rings is 1. The van der Waals surface area contributed by atoms with Gasteiger partial charge in [-0.05, 0) is 44.9 Å². The van der Waals surface area contributed by atoms with Crippen LogP contribution in [0.3, 0.4) is 0 Å². The Bertz CT molecular complexity index is 548. The van der Waals surface area contributed by atoms with Crippen molar-refractivity contribution in [3.05, 3.63) is 34.3 Å². The van der Waals surface area contributed by atoms with Crippen molar-refractivity contribution in [2.24, 2.45) is 5.92 Å². The average molecular weight is 368 g/mol. The number of carbonyl (C=O) groups is 2. The standard InChI is InChI=1S/C17H22BrNO3/c1-17(2,3)22-16(21)19-9-8-15(20)13(11-19)10-12-4-6-14(18)7-5-12/h4-7,13H,8-11H2,1-3H3. The van der Waals surface area contributed by atoms with E-state index in [2.05, 4.69) is 15.9 Å². The molecule has 0 saturated carbocycles. The van der Waals surface area contributed by atoms with Crippen molar-refractivity contribution in [1.29, 1.82) is 0 Å². The Balaban J connectivity index is 2.00. The maximum absolute atomic E-state index is 12.1. The average Bonchev–Trinajstić information content (AvgIpc) is 2.41. The number of nitrogens with zero attached hydrogens (tertiary/aromatic N) is 1. The van der Waals surface area contributed by atoms with Gasteiger partial charge in [-0.1, -0.05) is 28.1 Å². The van der Waals surface area contributed by atoms with Crippen molar-refractivity contribution in [2.75, 3.05) is 13.1 Å². The molecule has 1 unspecified atom stereocenters. The van der Waals surface area contributed by atoms with Crippen LogP contribution in [0.4, 0.5) is 4.79 Å². The molecule has 1 aliphatic heterocycles. The number of ether oxygens (including phenoxy) is 1. The number of hydrogen-bond acceptors (Lipinski definition) is 3. The number of Topliss-reactive ketones (excluding diaryl/α,β-unsaturated/α-hetero) is 1. The van der Waals surface area contributed by atoms with Crippen LogP contribution < -0.4 is 0 Å². The van der Waals surface area contributed by atoms with Crippen LogP contribution in [-0.2, 0) is 16.0 Å². The highest BCUT2D eigenvalue weighted by molar-refractivity contribution is 9.10. The second-order valence-corrected chi connectivity index (χ2v) is 7.59. The summed E-state index contributed by atoms with van der Waals surface area (Å²) in [4.78, 5) is 25.9. The normalized spacial score (nSPS) is 19.2. The van der Waals surface area contributed by atoms with Crippen LogP contribution >= 0.6 is 15.9 Å². The van der Waals surface area contributed by atoms with Gasteiger partial charge in [-0.15, -0.1) is 0 Å². The van der Waals surface area contributed by atoms with Crippen LogP contribution in [0.1, 0.15) is 32.8 Å². The second kappa shape index (κ2) is 6.82. The predicted molar refractivity (Wildman–Crippen MR) is 88.8 cm³/mol. The third-order valence-corrected chi connectivity index (χ3v) is 4.10. The minimum Gasteiger partial charge on any atom is -0.444 e. The fourth-order valence-electron chi connectivity index (χ4n) is 2.48. The molecule has 1 heterocycles. The third-order valence-electron chi connectivity index (χ3n) is 3.57. The lowest BCUT2D eigenvalue weighted by atomic mass is 9.90. The molecular weight excluding hydrogens is 346 g/mol. The van der Waals surface area contributed by atoms with Gasteiger partial charge in [0.2, 0.25) is 0 Å². The zero-order valence-corrected chi connectivity index (χ0v) is 14.9. The number of amides is 1. The molecule has 0 aliphatic carbocycles. The quantitative estimate of drug-likeness (QED) is 0.797. The Hall–Kier alpha value is -1.36. The molecule has 0 bridgehead atoms. The Morgan fingerprint density at radius 3 is 2.55 bits per heavy atom. The minimum absolute atomic E-state index is 0.151. The summed E-state index contributed by atoms with van der Waals surface area (Å²) in [5, 5.41) is 0. The molecule has 1 atom stereocenters. The summed E-state index contributed by atoms with van der Waals surface area (Å²) in [6.07, 6.45) is 0.729. The van der Waals surface area contributed by atoms with E-state index in [1.54, 1.807) is 4.90 Å². The SMILES string of the molecule is CC(C)(C)OC(=O)N1CCC(=O)C(Cc2ccc(Br)cc2)C1. The van der Waals surface area contributed by atoms with E-state index in [9.17, 15) is 9.59 Å². The first kappa shape index (κ1) is 17.0. The van der Waals surface area contributed by atoms with Crippen LogP contribution in [0, 0.1) is 5.92 Å². The predicted octanol–water partition coefficient (Wildman–Crippen LogP) is 3.82. The van der Waals surface area contributed by atoms with E-state index in [1.165, 1.54) is 0 Å². The van der Waals surface area contributed by atoms with Crippen molar-refractivity contribution < 1.29 is 14.3 Å².